The van der Waals surface area contributed by atoms with Gasteiger partial charge in [-0.3, -0.25) is 9.59 Å². The lowest BCUT2D eigenvalue weighted by atomic mass is 10.2. The maximum Gasteiger partial charge on any atom is 0.271 e. The molecule has 0 saturated heterocycles. The molecule has 4 aromatic carbocycles. The van der Waals surface area contributed by atoms with E-state index < -0.39 is 0 Å². The third-order valence-corrected chi connectivity index (χ3v) is 5.73. The summed E-state index contributed by atoms with van der Waals surface area (Å²) in [5.74, 6) is 0.787. The minimum atomic E-state index is -0.298. The number of nitrogens with zero attached hydrogens (tertiary/aromatic N) is 2. The molecule has 0 spiro atoms. The highest BCUT2D eigenvalue weighted by Gasteiger charge is 2.05. The van der Waals surface area contributed by atoms with Gasteiger partial charge in [-0.25, -0.2) is 10.9 Å². The monoisotopic (exact) mass is 576 g/mol. The molecule has 4 rings (SSSR count). The third kappa shape index (κ3) is 9.27. The predicted octanol–water partition coefficient (Wildman–Crippen LogP) is 6.23. The van der Waals surface area contributed by atoms with Crippen molar-refractivity contribution in [2.75, 3.05) is 14.2 Å². The molecule has 0 heterocycles. The average Bonchev–Trinajstić information content (AvgIpc) is 2.98. The first kappa shape index (κ1) is 29.9. The van der Waals surface area contributed by atoms with Crippen molar-refractivity contribution in [2.45, 2.75) is 0 Å². The predicted molar refractivity (Wildman–Crippen MR) is 159 cm³/mol. The molecule has 0 fully saturated rings. The van der Waals surface area contributed by atoms with E-state index in [4.69, 9.17) is 32.7 Å². The van der Waals surface area contributed by atoms with E-state index in [-0.39, 0.29) is 11.8 Å². The van der Waals surface area contributed by atoms with Crippen LogP contribution in [0.1, 0.15) is 31.8 Å². The van der Waals surface area contributed by atoms with Crippen LogP contribution in [0.4, 0.5) is 0 Å². The zero-order chi connectivity index (χ0) is 28.7. The van der Waals surface area contributed by atoms with Crippen LogP contribution in [-0.2, 0) is 0 Å². The molecule has 40 heavy (non-hydrogen) atoms. The summed E-state index contributed by atoms with van der Waals surface area (Å²) in [5, 5.41) is 8.99. The van der Waals surface area contributed by atoms with Crippen molar-refractivity contribution in [1.29, 1.82) is 0 Å². The van der Waals surface area contributed by atoms with Crippen LogP contribution in [0, 0.1) is 0 Å². The second-order valence-electron chi connectivity index (χ2n) is 7.90. The Balaban J connectivity index is 0.000000220. The number of carbonyl (C=O) groups is 2. The summed E-state index contributed by atoms with van der Waals surface area (Å²) in [7, 11) is 3.16. The molecule has 0 radical (unpaired) electrons. The maximum atomic E-state index is 11.8. The topological polar surface area (TPSA) is 101 Å². The highest BCUT2D eigenvalue weighted by Crippen LogP contribution is 2.16. The van der Waals surface area contributed by atoms with Crippen molar-refractivity contribution in [3.8, 4) is 11.5 Å². The lowest BCUT2D eigenvalue weighted by Gasteiger charge is -2.03. The fourth-order valence-electron chi connectivity index (χ4n) is 3.20. The number of carbonyl (C=O) groups excluding carboxylic acids is 2. The van der Waals surface area contributed by atoms with Crippen LogP contribution in [0.3, 0.4) is 0 Å². The first-order valence-electron chi connectivity index (χ1n) is 11.8. The number of ether oxygens (including phenoxy) is 2. The van der Waals surface area contributed by atoms with Gasteiger partial charge in [0.25, 0.3) is 11.8 Å². The molecule has 0 aliphatic rings. The summed E-state index contributed by atoms with van der Waals surface area (Å²) in [4.78, 5) is 23.6. The average molecular weight is 577 g/mol. The second-order valence-corrected chi connectivity index (χ2v) is 8.77. The van der Waals surface area contributed by atoms with Crippen molar-refractivity contribution in [3.05, 3.63) is 129 Å². The molecule has 204 valence electrons. The minimum absolute atomic E-state index is 0.298. The van der Waals surface area contributed by atoms with Crippen molar-refractivity contribution in [1.82, 2.24) is 10.9 Å². The first-order chi connectivity index (χ1) is 19.4. The van der Waals surface area contributed by atoms with Crippen LogP contribution in [0.15, 0.2) is 107 Å². The molecule has 0 unspecified atom stereocenters. The van der Waals surface area contributed by atoms with Gasteiger partial charge < -0.3 is 9.47 Å². The van der Waals surface area contributed by atoms with E-state index in [1.807, 2.05) is 48.5 Å². The lowest BCUT2D eigenvalue weighted by Crippen LogP contribution is -2.17. The Morgan fingerprint density at radius 3 is 1.30 bits per heavy atom. The van der Waals surface area contributed by atoms with Gasteiger partial charge in [-0.05, 0) is 72.8 Å². The number of hydrogen-bond acceptors (Lipinski definition) is 6. The summed E-state index contributed by atoms with van der Waals surface area (Å²) in [6, 6.07) is 27.9. The number of para-hydroxylation sites is 2. The van der Waals surface area contributed by atoms with E-state index in [2.05, 4.69) is 21.1 Å². The summed E-state index contributed by atoms with van der Waals surface area (Å²) in [6.45, 7) is 0. The number of nitrogens with one attached hydrogen (secondary N) is 2. The molecule has 8 nitrogen and oxygen atoms in total. The van der Waals surface area contributed by atoms with E-state index in [1.165, 1.54) is 12.4 Å². The third-order valence-electron chi connectivity index (χ3n) is 5.23. The number of hydrogen-bond donors (Lipinski definition) is 2. The van der Waals surface area contributed by atoms with Gasteiger partial charge in [-0.2, -0.15) is 10.2 Å². The van der Waals surface area contributed by atoms with Gasteiger partial charge in [0.15, 0.2) is 0 Å². The van der Waals surface area contributed by atoms with Gasteiger partial charge in [-0.1, -0.05) is 47.5 Å². The molecule has 2 amide bonds. The Bertz CT molecular complexity index is 1360. The Morgan fingerprint density at radius 2 is 0.950 bits per heavy atom. The number of benzene rings is 4. The number of halogens is 2. The van der Waals surface area contributed by atoms with Crippen LogP contribution in [0.25, 0.3) is 0 Å². The number of hydrazone groups is 2. The SMILES string of the molecule is COc1ccccc1/C=N/NC(=O)c1ccc(Cl)cc1.COc1ccccc1/C=N/NC(=O)c1ccc(Cl)cc1. The number of rotatable bonds is 8. The zero-order valence-electron chi connectivity index (χ0n) is 21.7. The minimum Gasteiger partial charge on any atom is -0.496 e. The van der Waals surface area contributed by atoms with E-state index in [9.17, 15) is 9.59 Å². The quantitative estimate of drug-likeness (QED) is 0.192. The van der Waals surface area contributed by atoms with Gasteiger partial charge in [0.2, 0.25) is 0 Å². The highest BCUT2D eigenvalue weighted by atomic mass is 35.5. The highest BCUT2D eigenvalue weighted by molar-refractivity contribution is 6.31. The summed E-state index contributed by atoms with van der Waals surface area (Å²) >= 11 is 11.5. The van der Waals surface area contributed by atoms with E-state index in [0.717, 1.165) is 11.1 Å². The van der Waals surface area contributed by atoms with Crippen LogP contribution in [0.2, 0.25) is 10.0 Å². The van der Waals surface area contributed by atoms with Crippen molar-refractivity contribution >= 4 is 47.4 Å². The molecule has 0 aliphatic heterocycles. The van der Waals surface area contributed by atoms with Crippen molar-refractivity contribution in [3.63, 3.8) is 0 Å². The summed E-state index contributed by atoms with van der Waals surface area (Å²) < 4.78 is 10.4. The van der Waals surface area contributed by atoms with Crippen molar-refractivity contribution in [2.24, 2.45) is 10.2 Å². The fraction of sp³-hybridized carbons (Fsp3) is 0.0667. The molecule has 0 aliphatic carbocycles. The Morgan fingerprint density at radius 1 is 0.600 bits per heavy atom. The molecule has 10 heteroatoms. The Labute approximate surface area is 242 Å². The zero-order valence-corrected chi connectivity index (χ0v) is 23.2. The van der Waals surface area contributed by atoms with Crippen LogP contribution in [-0.4, -0.2) is 38.5 Å². The maximum absolute atomic E-state index is 11.8. The van der Waals surface area contributed by atoms with Crippen LogP contribution < -0.4 is 20.3 Å². The van der Waals surface area contributed by atoms with Gasteiger partial charge in [-0.15, -0.1) is 0 Å². The smallest absolute Gasteiger partial charge is 0.271 e. The molecule has 0 saturated carbocycles. The Kier molecular flexibility index (Phi) is 11.7. The van der Waals surface area contributed by atoms with E-state index in [1.54, 1.807) is 62.8 Å². The van der Waals surface area contributed by atoms with Crippen LogP contribution in [0.5, 0.6) is 11.5 Å². The number of amides is 2. The van der Waals surface area contributed by atoms with Crippen LogP contribution >= 0.6 is 23.2 Å². The molecular formula is C30H26Cl2N4O4. The summed E-state index contributed by atoms with van der Waals surface area (Å²) in [5.41, 5.74) is 7.45. The molecule has 0 aromatic heterocycles. The standard InChI is InChI=1S/2C15H13ClN2O2/c2*1-20-14-5-3-2-4-12(14)10-17-18-15(19)11-6-8-13(16)9-7-11/h2*2-10H,1H3,(H,18,19)/b2*17-10+. The molecular weight excluding hydrogens is 551 g/mol. The molecule has 4 aromatic rings. The first-order valence-corrected chi connectivity index (χ1v) is 12.6. The summed E-state index contributed by atoms with van der Waals surface area (Å²) in [6.07, 6.45) is 3.07. The fourth-order valence-corrected chi connectivity index (χ4v) is 3.45. The Hall–Kier alpha value is -4.66. The molecule has 2 N–H and O–H groups in total. The number of methoxy groups -OCH3 is 2. The van der Waals surface area contributed by atoms with Gasteiger partial charge in [0, 0.05) is 32.3 Å². The van der Waals surface area contributed by atoms with E-state index in [0.29, 0.717) is 32.7 Å². The largest absolute Gasteiger partial charge is 0.496 e. The van der Waals surface area contributed by atoms with E-state index >= 15 is 0 Å². The second kappa shape index (κ2) is 15.7. The molecule has 0 bridgehead atoms. The molecule has 0 atom stereocenters. The van der Waals surface area contributed by atoms with Gasteiger partial charge >= 0.3 is 0 Å². The van der Waals surface area contributed by atoms with Gasteiger partial charge in [0.1, 0.15) is 11.5 Å². The van der Waals surface area contributed by atoms with Crippen molar-refractivity contribution < 1.29 is 19.1 Å². The lowest BCUT2D eigenvalue weighted by molar-refractivity contribution is 0.0947. The van der Waals surface area contributed by atoms with Gasteiger partial charge in [0.05, 0.1) is 26.6 Å². The normalized spacial score (nSPS) is 10.5.